The number of rotatable bonds is 7. The van der Waals surface area contributed by atoms with Gasteiger partial charge in [-0.05, 0) is 30.2 Å². The first kappa shape index (κ1) is 17.1. The SMILES string of the molecule is c1cncc([C@H]2OCC[C@@H]2NCc2ccc(OCc3cscn3)cc2)c1. The Bertz CT molecular complexity index is 794. The molecular weight excluding hydrogens is 346 g/mol. The van der Waals surface area contributed by atoms with E-state index < -0.39 is 0 Å². The predicted molar refractivity (Wildman–Crippen MR) is 101 cm³/mol. The fourth-order valence-corrected chi connectivity index (χ4v) is 3.63. The number of nitrogens with one attached hydrogen (secondary N) is 1. The molecule has 1 aromatic carbocycles. The van der Waals surface area contributed by atoms with Crippen LogP contribution in [0.3, 0.4) is 0 Å². The third-order valence-corrected chi connectivity index (χ3v) is 5.10. The molecule has 0 radical (unpaired) electrons. The Balaban J connectivity index is 1.30. The maximum absolute atomic E-state index is 5.90. The molecule has 6 heteroatoms. The number of hydrogen-bond donors (Lipinski definition) is 1. The predicted octanol–water partition coefficient (Wildman–Crippen LogP) is 3.74. The molecule has 5 nitrogen and oxygen atoms in total. The topological polar surface area (TPSA) is 56.3 Å². The number of benzene rings is 1. The van der Waals surface area contributed by atoms with E-state index in [1.54, 1.807) is 17.5 Å². The molecule has 1 N–H and O–H groups in total. The van der Waals surface area contributed by atoms with Crippen molar-refractivity contribution in [2.75, 3.05) is 6.61 Å². The molecule has 0 amide bonds. The Kier molecular flexibility index (Phi) is 5.54. The lowest BCUT2D eigenvalue weighted by Crippen LogP contribution is -2.31. The van der Waals surface area contributed by atoms with E-state index in [2.05, 4.69) is 33.5 Å². The van der Waals surface area contributed by atoms with Gasteiger partial charge in [-0.1, -0.05) is 18.2 Å². The van der Waals surface area contributed by atoms with Gasteiger partial charge in [0.2, 0.25) is 0 Å². The Hall–Kier alpha value is -2.28. The van der Waals surface area contributed by atoms with Crippen LogP contribution in [0.2, 0.25) is 0 Å². The van der Waals surface area contributed by atoms with Crippen LogP contribution in [0.1, 0.15) is 29.3 Å². The van der Waals surface area contributed by atoms with E-state index in [-0.39, 0.29) is 6.10 Å². The summed E-state index contributed by atoms with van der Waals surface area (Å²) < 4.78 is 11.7. The van der Waals surface area contributed by atoms with Crippen LogP contribution >= 0.6 is 11.3 Å². The zero-order valence-electron chi connectivity index (χ0n) is 14.4. The molecule has 3 heterocycles. The minimum absolute atomic E-state index is 0.0735. The first-order chi connectivity index (χ1) is 12.9. The monoisotopic (exact) mass is 367 g/mol. The molecule has 1 saturated heterocycles. The van der Waals surface area contributed by atoms with Crippen molar-refractivity contribution in [2.24, 2.45) is 0 Å². The molecule has 0 unspecified atom stereocenters. The van der Waals surface area contributed by atoms with Gasteiger partial charge in [-0.25, -0.2) is 4.98 Å². The Labute approximate surface area is 157 Å². The van der Waals surface area contributed by atoms with E-state index in [0.717, 1.165) is 36.6 Å². The van der Waals surface area contributed by atoms with Gasteiger partial charge >= 0.3 is 0 Å². The lowest BCUT2D eigenvalue weighted by atomic mass is 10.0. The van der Waals surface area contributed by atoms with E-state index in [1.165, 1.54) is 5.56 Å². The molecule has 2 atom stereocenters. The quantitative estimate of drug-likeness (QED) is 0.689. The van der Waals surface area contributed by atoms with Crippen molar-refractivity contribution in [1.82, 2.24) is 15.3 Å². The van der Waals surface area contributed by atoms with E-state index in [9.17, 15) is 0 Å². The molecular formula is C20H21N3O2S. The molecule has 1 fully saturated rings. The first-order valence-corrected chi connectivity index (χ1v) is 9.66. The zero-order valence-corrected chi connectivity index (χ0v) is 15.2. The van der Waals surface area contributed by atoms with Gasteiger partial charge in [0, 0.05) is 42.5 Å². The molecule has 0 spiro atoms. The van der Waals surface area contributed by atoms with Crippen molar-refractivity contribution in [3.8, 4) is 5.75 Å². The second-order valence-corrected chi connectivity index (χ2v) is 6.98. The minimum Gasteiger partial charge on any atom is -0.487 e. The highest BCUT2D eigenvalue weighted by Gasteiger charge is 2.29. The van der Waals surface area contributed by atoms with Crippen LogP contribution in [0.25, 0.3) is 0 Å². The summed E-state index contributed by atoms with van der Waals surface area (Å²) in [6.45, 7) is 2.09. The van der Waals surface area contributed by atoms with E-state index in [0.29, 0.717) is 12.6 Å². The van der Waals surface area contributed by atoms with Gasteiger partial charge < -0.3 is 14.8 Å². The maximum Gasteiger partial charge on any atom is 0.131 e. The molecule has 0 aliphatic carbocycles. The van der Waals surface area contributed by atoms with Crippen LogP contribution in [0.5, 0.6) is 5.75 Å². The highest BCUT2D eigenvalue weighted by atomic mass is 32.1. The Morgan fingerprint density at radius 2 is 2.15 bits per heavy atom. The van der Waals surface area contributed by atoms with Crippen LogP contribution in [-0.2, 0) is 17.9 Å². The molecule has 2 aromatic heterocycles. The molecule has 1 aliphatic rings. The second-order valence-electron chi connectivity index (χ2n) is 6.27. The summed E-state index contributed by atoms with van der Waals surface area (Å²) >= 11 is 1.58. The Morgan fingerprint density at radius 1 is 1.23 bits per heavy atom. The van der Waals surface area contributed by atoms with Crippen molar-refractivity contribution in [1.29, 1.82) is 0 Å². The van der Waals surface area contributed by atoms with Crippen molar-refractivity contribution in [3.63, 3.8) is 0 Å². The molecule has 3 aromatic rings. The number of ether oxygens (including phenoxy) is 2. The maximum atomic E-state index is 5.90. The average molecular weight is 367 g/mol. The standard InChI is InChI=1S/C20H21N3O2S/c1-2-16(11-21-8-1)20-19(7-9-24-20)22-10-15-3-5-18(6-4-15)25-12-17-13-26-14-23-17/h1-6,8,11,13-14,19-20,22H,7,9-10,12H2/t19-,20+/m0/s1. The van der Waals surface area contributed by atoms with Gasteiger partial charge in [-0.2, -0.15) is 0 Å². The summed E-state index contributed by atoms with van der Waals surface area (Å²) in [4.78, 5) is 8.42. The summed E-state index contributed by atoms with van der Waals surface area (Å²) in [7, 11) is 0. The normalized spacial score (nSPS) is 19.5. The summed E-state index contributed by atoms with van der Waals surface area (Å²) in [6.07, 6.45) is 4.76. The highest BCUT2D eigenvalue weighted by molar-refractivity contribution is 7.07. The Morgan fingerprint density at radius 3 is 2.92 bits per heavy atom. The van der Waals surface area contributed by atoms with Gasteiger partial charge in [0.25, 0.3) is 0 Å². The molecule has 4 rings (SSSR count). The fourth-order valence-electron chi connectivity index (χ4n) is 3.09. The summed E-state index contributed by atoms with van der Waals surface area (Å²) in [5.41, 5.74) is 5.14. The van der Waals surface area contributed by atoms with Gasteiger partial charge in [0.1, 0.15) is 12.4 Å². The number of pyridine rings is 1. The summed E-state index contributed by atoms with van der Waals surface area (Å²) in [5.74, 6) is 0.860. The minimum atomic E-state index is 0.0735. The van der Waals surface area contributed by atoms with E-state index in [4.69, 9.17) is 9.47 Å². The van der Waals surface area contributed by atoms with Crippen LogP contribution in [-0.4, -0.2) is 22.6 Å². The van der Waals surface area contributed by atoms with Gasteiger partial charge in [-0.3, -0.25) is 4.98 Å². The number of nitrogens with zero attached hydrogens (tertiary/aromatic N) is 2. The highest BCUT2D eigenvalue weighted by Crippen LogP contribution is 2.28. The summed E-state index contributed by atoms with van der Waals surface area (Å²) in [5, 5.41) is 5.62. The fraction of sp³-hybridized carbons (Fsp3) is 0.300. The van der Waals surface area contributed by atoms with E-state index >= 15 is 0 Å². The largest absolute Gasteiger partial charge is 0.487 e. The smallest absolute Gasteiger partial charge is 0.131 e. The van der Waals surface area contributed by atoms with Crippen molar-refractivity contribution < 1.29 is 9.47 Å². The molecule has 1 aliphatic heterocycles. The van der Waals surface area contributed by atoms with Crippen LogP contribution in [0.4, 0.5) is 0 Å². The third kappa shape index (κ3) is 4.27. The lowest BCUT2D eigenvalue weighted by Gasteiger charge is -2.20. The van der Waals surface area contributed by atoms with Gasteiger partial charge in [0.05, 0.1) is 17.3 Å². The third-order valence-electron chi connectivity index (χ3n) is 4.47. The molecule has 26 heavy (non-hydrogen) atoms. The van der Waals surface area contributed by atoms with E-state index in [1.807, 2.05) is 35.3 Å². The summed E-state index contributed by atoms with van der Waals surface area (Å²) in [6, 6.07) is 12.5. The van der Waals surface area contributed by atoms with Gasteiger partial charge in [0.15, 0.2) is 0 Å². The lowest BCUT2D eigenvalue weighted by molar-refractivity contribution is 0.0982. The average Bonchev–Trinajstić information content (AvgIpc) is 3.38. The molecule has 0 saturated carbocycles. The van der Waals surface area contributed by atoms with Crippen LogP contribution < -0.4 is 10.1 Å². The van der Waals surface area contributed by atoms with Crippen molar-refractivity contribution >= 4 is 11.3 Å². The number of hydrogen-bond acceptors (Lipinski definition) is 6. The van der Waals surface area contributed by atoms with Crippen LogP contribution in [0.15, 0.2) is 59.7 Å². The molecule has 0 bridgehead atoms. The van der Waals surface area contributed by atoms with Crippen LogP contribution in [0, 0.1) is 0 Å². The van der Waals surface area contributed by atoms with Crippen molar-refractivity contribution in [3.05, 3.63) is 76.5 Å². The first-order valence-electron chi connectivity index (χ1n) is 8.72. The molecule has 134 valence electrons. The second kappa shape index (κ2) is 8.40. The number of thiazole rings is 1. The number of aromatic nitrogens is 2. The zero-order chi connectivity index (χ0) is 17.6. The van der Waals surface area contributed by atoms with Gasteiger partial charge in [-0.15, -0.1) is 11.3 Å². The van der Waals surface area contributed by atoms with Crippen molar-refractivity contribution in [2.45, 2.75) is 31.7 Å².